The van der Waals surface area contributed by atoms with Crippen LogP contribution in [-0.2, 0) is 10.0 Å². The van der Waals surface area contributed by atoms with Gasteiger partial charge in [0.1, 0.15) is 0 Å². The van der Waals surface area contributed by atoms with Crippen molar-refractivity contribution < 1.29 is 8.42 Å². The third-order valence-corrected chi connectivity index (χ3v) is 3.90. The predicted octanol–water partition coefficient (Wildman–Crippen LogP) is 0.196. The smallest absolute Gasteiger partial charge is 0.213 e. The van der Waals surface area contributed by atoms with Gasteiger partial charge in [0.2, 0.25) is 10.0 Å². The minimum atomic E-state index is -3.33. The van der Waals surface area contributed by atoms with Crippen LogP contribution in [0.25, 0.3) is 0 Å². The lowest BCUT2D eigenvalue weighted by molar-refractivity contribution is 0.378. The van der Waals surface area contributed by atoms with Crippen LogP contribution in [0.4, 0.5) is 0 Å². The largest absolute Gasteiger partial charge is 0.313 e. The van der Waals surface area contributed by atoms with E-state index in [0.717, 1.165) is 19.3 Å². The lowest BCUT2D eigenvalue weighted by Gasteiger charge is -2.28. The van der Waals surface area contributed by atoms with Crippen molar-refractivity contribution in [1.82, 2.24) is 5.32 Å². The molecule has 1 heterocycles. The molecule has 0 aromatic rings. The van der Waals surface area contributed by atoms with Crippen molar-refractivity contribution in [2.45, 2.75) is 43.9 Å². The van der Waals surface area contributed by atoms with Crippen LogP contribution in [0.15, 0.2) is 0 Å². The molecule has 1 aliphatic rings. The van der Waals surface area contributed by atoms with Gasteiger partial charge in [0.15, 0.2) is 0 Å². The molecule has 1 aliphatic heterocycles. The highest BCUT2D eigenvalue weighted by Gasteiger charge is 2.27. The molecule has 0 spiro atoms. The molecule has 0 radical (unpaired) electrons. The number of hydrogen-bond donors (Lipinski definition) is 2. The quantitative estimate of drug-likeness (QED) is 0.692. The summed E-state index contributed by atoms with van der Waals surface area (Å²) in [6.45, 7) is 2.65. The van der Waals surface area contributed by atoms with Crippen LogP contribution < -0.4 is 10.5 Å². The second-order valence-electron chi connectivity index (χ2n) is 3.68. The van der Waals surface area contributed by atoms with Crippen molar-refractivity contribution in [3.05, 3.63) is 0 Å². The molecular weight excluding hydrogens is 188 g/mol. The minimum Gasteiger partial charge on any atom is -0.313 e. The molecule has 0 aromatic heterocycles. The molecular formula is C8H18N2O2S. The van der Waals surface area contributed by atoms with Crippen molar-refractivity contribution in [1.29, 1.82) is 0 Å². The summed E-state index contributed by atoms with van der Waals surface area (Å²) >= 11 is 0. The molecule has 0 aromatic carbocycles. The Morgan fingerprint density at radius 2 is 2.15 bits per heavy atom. The molecule has 1 saturated heterocycles. The van der Waals surface area contributed by atoms with Gasteiger partial charge in [-0.3, -0.25) is 0 Å². The molecule has 4 nitrogen and oxygen atoms in total. The first-order valence-electron chi connectivity index (χ1n) is 4.79. The highest BCUT2D eigenvalue weighted by Crippen LogP contribution is 2.15. The van der Waals surface area contributed by atoms with Crippen LogP contribution in [0.1, 0.15) is 32.6 Å². The summed E-state index contributed by atoms with van der Waals surface area (Å²) in [6.07, 6.45) is 3.89. The zero-order valence-corrected chi connectivity index (χ0v) is 8.81. The van der Waals surface area contributed by atoms with Gasteiger partial charge in [-0.1, -0.05) is 13.3 Å². The van der Waals surface area contributed by atoms with Gasteiger partial charge >= 0.3 is 0 Å². The third kappa shape index (κ3) is 3.25. The summed E-state index contributed by atoms with van der Waals surface area (Å²) in [7, 11) is -3.33. The Morgan fingerprint density at radius 3 is 2.54 bits per heavy atom. The summed E-state index contributed by atoms with van der Waals surface area (Å²) in [5.41, 5.74) is 0. The van der Waals surface area contributed by atoms with Gasteiger partial charge in [0.25, 0.3) is 0 Å². The van der Waals surface area contributed by atoms with E-state index in [1.165, 1.54) is 0 Å². The van der Waals surface area contributed by atoms with E-state index >= 15 is 0 Å². The Kier molecular flexibility index (Phi) is 3.70. The molecule has 0 amide bonds. The van der Waals surface area contributed by atoms with E-state index in [1.807, 2.05) is 0 Å². The maximum Gasteiger partial charge on any atom is 0.213 e. The predicted molar refractivity (Wildman–Crippen MR) is 52.8 cm³/mol. The molecule has 2 atom stereocenters. The Labute approximate surface area is 79.9 Å². The number of primary sulfonamides is 1. The maximum atomic E-state index is 11.0. The Morgan fingerprint density at radius 1 is 1.46 bits per heavy atom. The fraction of sp³-hybridized carbons (Fsp3) is 1.00. The molecule has 1 rings (SSSR count). The Hall–Kier alpha value is -0.130. The fourth-order valence-electron chi connectivity index (χ4n) is 1.76. The molecule has 5 heteroatoms. The number of piperidine rings is 1. The second-order valence-corrected chi connectivity index (χ2v) is 5.53. The van der Waals surface area contributed by atoms with Gasteiger partial charge in [-0.25, -0.2) is 13.6 Å². The van der Waals surface area contributed by atoms with Gasteiger partial charge < -0.3 is 5.32 Å². The maximum absolute atomic E-state index is 11.0. The average molecular weight is 206 g/mol. The van der Waals surface area contributed by atoms with Crippen LogP contribution in [0.2, 0.25) is 0 Å². The van der Waals surface area contributed by atoms with Crippen molar-refractivity contribution in [3.63, 3.8) is 0 Å². The van der Waals surface area contributed by atoms with E-state index in [4.69, 9.17) is 5.14 Å². The summed E-state index contributed by atoms with van der Waals surface area (Å²) in [5, 5.41) is 7.90. The second kappa shape index (κ2) is 4.39. The van der Waals surface area contributed by atoms with Gasteiger partial charge in [-0.05, 0) is 19.3 Å². The number of nitrogens with two attached hydrogens (primary N) is 1. The number of nitrogens with one attached hydrogen (secondary N) is 1. The lowest BCUT2D eigenvalue weighted by Crippen LogP contribution is -2.46. The van der Waals surface area contributed by atoms with Gasteiger partial charge in [0.05, 0.1) is 5.25 Å². The van der Waals surface area contributed by atoms with Gasteiger partial charge in [-0.2, -0.15) is 0 Å². The summed E-state index contributed by atoms with van der Waals surface area (Å²) in [5.74, 6) is 0. The first-order valence-corrected chi connectivity index (χ1v) is 6.40. The van der Waals surface area contributed by atoms with Crippen molar-refractivity contribution >= 4 is 10.0 Å². The Balaban J connectivity index is 2.39. The van der Waals surface area contributed by atoms with E-state index in [2.05, 4.69) is 12.2 Å². The van der Waals surface area contributed by atoms with E-state index in [0.29, 0.717) is 19.0 Å². The summed E-state index contributed by atoms with van der Waals surface area (Å²) in [6, 6.07) is 0.489. The summed E-state index contributed by atoms with van der Waals surface area (Å²) in [4.78, 5) is 0. The van der Waals surface area contributed by atoms with Crippen LogP contribution >= 0.6 is 0 Å². The van der Waals surface area contributed by atoms with Crippen molar-refractivity contribution in [3.8, 4) is 0 Å². The minimum absolute atomic E-state index is 0.374. The Bertz CT molecular complexity index is 243. The number of hydrogen-bond acceptors (Lipinski definition) is 3. The van der Waals surface area contributed by atoms with Gasteiger partial charge in [0, 0.05) is 12.6 Å². The molecule has 0 aliphatic carbocycles. The summed E-state index contributed by atoms with van der Waals surface area (Å²) < 4.78 is 22.0. The molecule has 0 saturated carbocycles. The monoisotopic (exact) mass is 206 g/mol. The van der Waals surface area contributed by atoms with Crippen molar-refractivity contribution in [2.24, 2.45) is 5.14 Å². The molecule has 2 unspecified atom stereocenters. The molecule has 3 N–H and O–H groups in total. The first-order chi connectivity index (χ1) is 6.04. The number of rotatable bonds is 3. The topological polar surface area (TPSA) is 72.2 Å². The lowest BCUT2D eigenvalue weighted by atomic mass is 10.0. The van der Waals surface area contributed by atoms with E-state index in [9.17, 15) is 8.42 Å². The molecule has 0 bridgehead atoms. The SMILES string of the molecule is CCCC1CCC(S(N)(=O)=O)CN1. The van der Waals surface area contributed by atoms with Crippen LogP contribution in [0, 0.1) is 0 Å². The molecule has 13 heavy (non-hydrogen) atoms. The zero-order chi connectivity index (χ0) is 9.90. The van der Waals surface area contributed by atoms with Gasteiger partial charge in [-0.15, -0.1) is 0 Å². The first kappa shape index (κ1) is 10.9. The van der Waals surface area contributed by atoms with E-state index in [1.54, 1.807) is 0 Å². The van der Waals surface area contributed by atoms with E-state index < -0.39 is 10.0 Å². The van der Waals surface area contributed by atoms with Crippen LogP contribution in [0.3, 0.4) is 0 Å². The highest BCUT2D eigenvalue weighted by molar-refractivity contribution is 7.89. The normalized spacial score (nSPS) is 30.3. The molecule has 78 valence electrons. The average Bonchev–Trinajstić information content (AvgIpc) is 2.04. The fourth-order valence-corrected chi connectivity index (χ4v) is 2.56. The standard InChI is InChI=1S/C8H18N2O2S/c1-2-3-7-4-5-8(6-10-7)13(9,11)12/h7-8,10H,2-6H2,1H3,(H2,9,11,12). The third-order valence-electron chi connectivity index (χ3n) is 2.57. The van der Waals surface area contributed by atoms with Crippen molar-refractivity contribution in [2.75, 3.05) is 6.54 Å². The zero-order valence-electron chi connectivity index (χ0n) is 7.99. The molecule has 1 fully saturated rings. The number of sulfonamides is 1. The highest BCUT2D eigenvalue weighted by atomic mass is 32.2. The van der Waals surface area contributed by atoms with Crippen LogP contribution in [-0.4, -0.2) is 26.3 Å². The van der Waals surface area contributed by atoms with Crippen LogP contribution in [0.5, 0.6) is 0 Å². The van der Waals surface area contributed by atoms with E-state index in [-0.39, 0.29) is 5.25 Å².